The van der Waals surface area contributed by atoms with E-state index in [-0.39, 0.29) is 157 Å². The van der Waals surface area contributed by atoms with Crippen molar-refractivity contribution in [1.29, 1.82) is 0 Å². The molecule has 140 heavy (non-hydrogen) atoms. The molecule has 5 aromatic heterocycles. The number of pyridine rings is 1. The molecule has 4 saturated heterocycles. The molecule has 4 unspecified atom stereocenters. The summed E-state index contributed by atoms with van der Waals surface area (Å²) in [4.78, 5) is 160. The van der Waals surface area contributed by atoms with E-state index in [4.69, 9.17) is 41.9 Å². The van der Waals surface area contributed by atoms with E-state index in [9.17, 15) is 60.0 Å². The van der Waals surface area contributed by atoms with Crippen molar-refractivity contribution in [2.24, 2.45) is 22.9 Å². The Morgan fingerprint density at radius 1 is 0.379 bits per heavy atom. The minimum atomic E-state index is -3.81. The third kappa shape index (κ3) is 20.0. The maximum Gasteiger partial charge on any atom is 0.254 e. The molecule has 13 aliphatic rings. The van der Waals surface area contributed by atoms with Crippen LogP contribution in [0, 0.1) is 0 Å². The first kappa shape index (κ1) is 91.8. The first-order valence-electron chi connectivity index (χ1n) is 45.6. The van der Waals surface area contributed by atoms with E-state index in [0.717, 1.165) is 62.7 Å². The Balaban J connectivity index is 0.000000115. The normalized spacial score (nSPS) is 19.9. The van der Waals surface area contributed by atoms with Gasteiger partial charge >= 0.3 is 0 Å². The number of carbonyl (C=O) groups excluding carboxylic acids is 9. The number of nitrogens with two attached hydrogens (primary N) is 4. The predicted molar refractivity (Wildman–Crippen MR) is 512 cm³/mol. The van der Waals surface area contributed by atoms with Crippen LogP contribution >= 0.6 is 0 Å². The van der Waals surface area contributed by atoms with Crippen LogP contribution in [0.5, 0.6) is 23.0 Å². The number of benzene rings is 5. The molecule has 5 aromatic carbocycles. The Morgan fingerprint density at radius 2 is 0.714 bits per heavy atom. The number of amides is 9. The number of aromatic nitrogens is 9. The fraction of sp³-hybridized carbons (Fsp3) is 0.348. The number of nitrogens with zero attached hydrogens (tertiary/aromatic N) is 17. The summed E-state index contributed by atoms with van der Waals surface area (Å²) in [6, 6.07) is 33.3. The van der Waals surface area contributed by atoms with Crippen molar-refractivity contribution in [2.75, 3.05) is 146 Å². The zero-order chi connectivity index (χ0) is 97.1. The molecule has 0 bridgehead atoms. The molecule has 9 fully saturated rings. The molecule has 23 rings (SSSR count). The van der Waals surface area contributed by atoms with Crippen molar-refractivity contribution in [3.05, 3.63) is 175 Å². The number of hydrogen-bond donors (Lipinski definition) is 12. The van der Waals surface area contributed by atoms with Crippen molar-refractivity contribution < 1.29 is 78.9 Å². The highest BCUT2D eigenvalue weighted by molar-refractivity contribution is 7.90. The van der Waals surface area contributed by atoms with Gasteiger partial charge in [0, 0.05) is 135 Å². The van der Waals surface area contributed by atoms with Crippen molar-refractivity contribution in [2.45, 2.75) is 130 Å². The lowest BCUT2D eigenvalue weighted by Crippen LogP contribution is -2.61. The SMILES string of the molecule is CC(=O)N1CC(=O)N2c3ccc(Nc4ncc(C(N)=O)c(NC5CC5)n4)cc3OCC2C1.NC(=O)c1cnc(Nc2ccc3c(c2)OCC2CN(S(=O)(=O)C4CC4)CC(=O)N32)nc1NC1CC1.NC(=O)c1cnc(Nc2ccc3c(c2)OCC2CN(S(=O)(=O)c4ccccc4)CC(=O)N32)nc1NC1CC1.NC(=O)c1cnc(Nc2ccc3c(c2)OCC2CN(c4cccnc4)CC(=O)N32)nc1NC1CC1. The maximum absolute atomic E-state index is 13.2. The maximum atomic E-state index is 13.2. The highest BCUT2D eigenvalue weighted by Gasteiger charge is 2.49. The molecule has 5 aliphatic carbocycles. The molecular weight excluding hydrogens is 1850 g/mol. The molecule has 13 heterocycles. The summed E-state index contributed by atoms with van der Waals surface area (Å²) in [7, 11) is -7.24. The molecule has 5 saturated carbocycles. The summed E-state index contributed by atoms with van der Waals surface area (Å²) in [5.74, 6) is 1.69. The van der Waals surface area contributed by atoms with Crippen LogP contribution in [0.25, 0.3) is 0 Å². The highest BCUT2D eigenvalue weighted by atomic mass is 32.2. The fourth-order valence-corrected chi connectivity index (χ4v) is 20.6. The third-order valence-electron chi connectivity index (χ3n) is 25.2. The Kier molecular flexibility index (Phi) is 24.8. The van der Waals surface area contributed by atoms with Gasteiger partial charge in [-0.25, -0.2) is 36.8 Å². The van der Waals surface area contributed by atoms with Gasteiger partial charge < -0.3 is 94.2 Å². The second kappa shape index (κ2) is 37.8. The summed E-state index contributed by atoms with van der Waals surface area (Å²) in [5.41, 5.74) is 28.8. The van der Waals surface area contributed by atoms with E-state index in [1.165, 1.54) is 57.4 Å². The fourth-order valence-electron chi connectivity index (χ4n) is 17.3. The van der Waals surface area contributed by atoms with Crippen LogP contribution in [0.2, 0.25) is 0 Å². The van der Waals surface area contributed by atoms with E-state index in [2.05, 4.69) is 87.4 Å². The largest absolute Gasteiger partial charge is 0.489 e. The van der Waals surface area contributed by atoms with Gasteiger partial charge in [0.2, 0.25) is 73.4 Å². The minimum absolute atomic E-state index is 0.0107. The average molecular weight is 1950 g/mol. The zero-order valence-corrected chi connectivity index (χ0v) is 77.0. The Morgan fingerprint density at radius 3 is 1.05 bits per heavy atom. The summed E-state index contributed by atoms with van der Waals surface area (Å²) in [6.07, 6.45) is 18.5. The van der Waals surface area contributed by atoms with Gasteiger partial charge in [0.15, 0.2) is 0 Å². The second-order valence-electron chi connectivity index (χ2n) is 35.7. The van der Waals surface area contributed by atoms with E-state index in [1.807, 2.05) is 40.1 Å². The molecule has 0 radical (unpaired) electrons. The van der Waals surface area contributed by atoms with Gasteiger partial charge in [0.05, 0.1) is 111 Å². The smallest absolute Gasteiger partial charge is 0.254 e. The Labute approximate surface area is 800 Å². The van der Waals surface area contributed by atoms with Crippen LogP contribution < -0.4 is 109 Å². The number of ether oxygens (including phenoxy) is 4. The monoisotopic (exact) mass is 1940 g/mol. The number of nitrogens with one attached hydrogen (secondary N) is 8. The van der Waals surface area contributed by atoms with Gasteiger partial charge in [-0.3, -0.25) is 67.7 Å². The number of primary amides is 4. The van der Waals surface area contributed by atoms with E-state index in [0.29, 0.717) is 149 Å². The lowest BCUT2D eigenvalue weighted by molar-refractivity contribution is -0.136. The molecule has 4 atom stereocenters. The Bertz CT molecular complexity index is 6880. The minimum Gasteiger partial charge on any atom is -0.489 e. The lowest BCUT2D eigenvalue weighted by Gasteiger charge is -2.44. The molecule has 16 N–H and O–H groups in total. The summed E-state index contributed by atoms with van der Waals surface area (Å²) >= 11 is 0. The van der Waals surface area contributed by atoms with Crippen molar-refractivity contribution in [3.63, 3.8) is 0 Å². The van der Waals surface area contributed by atoms with E-state index >= 15 is 0 Å². The summed E-state index contributed by atoms with van der Waals surface area (Å²) < 4.78 is 77.8. The van der Waals surface area contributed by atoms with Gasteiger partial charge in [-0.1, -0.05) is 18.2 Å². The number of anilines is 17. The number of rotatable bonds is 25. The van der Waals surface area contributed by atoms with E-state index in [1.54, 1.807) is 99.9 Å². The number of fused-ring (bicyclic) bond motifs is 12. The number of hydrogen-bond acceptors (Lipinski definition) is 35. The van der Waals surface area contributed by atoms with Crippen LogP contribution in [0.3, 0.4) is 0 Å². The molecule has 46 nitrogen and oxygen atoms in total. The summed E-state index contributed by atoms with van der Waals surface area (Å²) in [5, 5.41) is 24.9. The average Bonchev–Trinajstić information content (AvgIpc) is 1.52. The first-order chi connectivity index (χ1) is 67.5. The molecule has 9 amide bonds. The first-order valence-corrected chi connectivity index (χ1v) is 48.6. The van der Waals surface area contributed by atoms with Crippen LogP contribution in [0.4, 0.5) is 98.3 Å². The predicted octanol–water partition coefficient (Wildman–Crippen LogP) is 5.24. The molecule has 48 heteroatoms. The lowest BCUT2D eigenvalue weighted by atomic mass is 10.1. The van der Waals surface area contributed by atoms with Gasteiger partial charge in [0.1, 0.15) is 79.2 Å². The number of sulfonamides is 2. The van der Waals surface area contributed by atoms with Crippen LogP contribution in [0.1, 0.15) is 113 Å². The van der Waals surface area contributed by atoms with Crippen molar-refractivity contribution in [3.8, 4) is 23.0 Å². The zero-order valence-electron chi connectivity index (χ0n) is 75.4. The van der Waals surface area contributed by atoms with Crippen LogP contribution in [-0.2, 0) is 44.0 Å². The molecule has 10 aromatic rings. The highest BCUT2D eigenvalue weighted by Crippen LogP contribution is 2.46. The van der Waals surface area contributed by atoms with Gasteiger partial charge in [-0.2, -0.15) is 28.5 Å². The topological polar surface area (TPSA) is 601 Å². The molecule has 724 valence electrons. The molecule has 0 spiro atoms. The van der Waals surface area contributed by atoms with Crippen molar-refractivity contribution >= 4 is 171 Å². The third-order valence-corrected chi connectivity index (χ3v) is 29.3. The standard InChI is InChI=1S/C25H25N7O5S.C24H24N8O3.C22H25N7O5S.C21H23N7O4/c26-23(34)19-11-27-25(30-24(19)28-15-6-7-15)29-16-8-9-20-21(10-16)37-14-17-12-31(13-22(33)32(17)20)38(35,36)18-4-2-1-3-5-18;25-22(34)18-10-27-24(30-23(18)28-14-3-4-14)29-15-5-6-19-20(8-15)35-13-17-11-31(12-21(33)32(17)19)16-2-1-7-26-9-16;23-20(31)16-8-24-22(27-21(16)25-12-1-2-12)26-13-3-6-17-18(7-13)34-11-14-9-28(10-19(30)29(14)17)35(32,33)15-4-5-15;1-11(29)27-8-14-10-32-17-6-13(4-5-16(17)28(14)18(30)9-27)25-21-23-7-15(19(22)31)20(26-21)24-12-2-3-12/h1-5,8-11,15,17H,6-7,12-14H2,(H2,26,34)(H2,27,28,29,30);1-2,5-10,14,17H,3-4,11-13H2,(H2,25,34)(H2,27,28,29,30);3,6-8,12,14-15H,1-2,4-5,9-11H2,(H2,23,31)(H2,24,25,26,27);4-7,12,14H,2-3,8-10H2,1H3,(H2,22,31)(H2,23,24,25,26). The van der Waals surface area contributed by atoms with Crippen LogP contribution in [0.15, 0.2) is 157 Å². The number of carbonyl (C=O) groups is 9. The summed E-state index contributed by atoms with van der Waals surface area (Å²) in [6.45, 7) is 3.84. The Hall–Kier alpha value is -16.0. The van der Waals surface area contributed by atoms with Crippen LogP contribution in [-0.4, -0.2) is 261 Å². The van der Waals surface area contributed by atoms with Gasteiger partial charge in [0.25, 0.3) is 23.6 Å². The van der Waals surface area contributed by atoms with E-state index < -0.39 is 49.7 Å². The van der Waals surface area contributed by atoms with Gasteiger partial charge in [-0.15, -0.1) is 0 Å². The molecule has 8 aliphatic heterocycles. The number of piperazine rings is 4. The second-order valence-corrected chi connectivity index (χ2v) is 39.9. The van der Waals surface area contributed by atoms with Gasteiger partial charge in [-0.05, 0) is 137 Å². The van der Waals surface area contributed by atoms with Crippen molar-refractivity contribution in [1.82, 2.24) is 58.4 Å². The molecular formula is C92H97N29O17S2. The quantitative estimate of drug-likeness (QED) is 0.0348.